The second-order valence-corrected chi connectivity index (χ2v) is 3.30. The van der Waals surface area contributed by atoms with E-state index in [9.17, 15) is 9.59 Å². The molecule has 0 aromatic carbocycles. The predicted molar refractivity (Wildman–Crippen MR) is 56.6 cm³/mol. The zero-order valence-electron chi connectivity index (χ0n) is 8.70. The van der Waals surface area contributed by atoms with E-state index in [0.29, 0.717) is 5.69 Å². The van der Waals surface area contributed by atoms with Gasteiger partial charge in [0.1, 0.15) is 0 Å². The number of Topliss-reactive ketones (excluding diaryl/α,β-unsaturated/α-hetero) is 1. The maximum atomic E-state index is 11.0. The van der Waals surface area contributed by atoms with Crippen molar-refractivity contribution in [2.24, 2.45) is 0 Å². The minimum absolute atomic E-state index is 0.0896. The molecule has 0 unspecified atom stereocenters. The van der Waals surface area contributed by atoms with Crippen LogP contribution in [0.1, 0.15) is 23.9 Å². The van der Waals surface area contributed by atoms with Gasteiger partial charge in [-0.1, -0.05) is 6.08 Å². The molecule has 0 fully saturated rings. The Hall–Kier alpha value is -1.84. The van der Waals surface area contributed by atoms with Crippen LogP contribution in [0.5, 0.6) is 0 Å². The van der Waals surface area contributed by atoms with E-state index in [4.69, 9.17) is 5.11 Å². The Kier molecular flexibility index (Phi) is 3.44. The molecule has 0 spiro atoms. The Balaban J connectivity index is 2.84. The van der Waals surface area contributed by atoms with Gasteiger partial charge in [-0.25, -0.2) is 4.79 Å². The van der Waals surface area contributed by atoms with Gasteiger partial charge in [-0.3, -0.25) is 4.79 Å². The maximum absolute atomic E-state index is 11.0. The highest BCUT2D eigenvalue weighted by Gasteiger charge is 2.13. The van der Waals surface area contributed by atoms with E-state index < -0.39 is 11.8 Å². The number of carboxylic acid groups (broad SMARTS) is 1. The summed E-state index contributed by atoms with van der Waals surface area (Å²) < 4.78 is 0. The number of aryl methyl sites for hydroxylation is 1. The first-order valence-corrected chi connectivity index (χ1v) is 4.62. The zero-order valence-corrected chi connectivity index (χ0v) is 8.70. The molecule has 0 atom stereocenters. The average molecular weight is 207 g/mol. The molecule has 15 heavy (non-hydrogen) atoms. The molecule has 4 heteroatoms. The van der Waals surface area contributed by atoms with Crippen molar-refractivity contribution < 1.29 is 14.7 Å². The lowest BCUT2D eigenvalue weighted by Crippen LogP contribution is -2.15. The third kappa shape index (κ3) is 2.80. The molecule has 1 aromatic rings. The number of aliphatic carboxylic acids is 1. The molecule has 0 saturated carbocycles. The van der Waals surface area contributed by atoms with Crippen LogP contribution in [0, 0.1) is 6.92 Å². The largest absolute Gasteiger partial charge is 0.475 e. The minimum Gasteiger partial charge on any atom is -0.475 e. The van der Waals surface area contributed by atoms with Crippen LogP contribution in [0.4, 0.5) is 0 Å². The monoisotopic (exact) mass is 207 g/mol. The number of ketones is 1. The number of carbonyl (C=O) groups is 2. The smallest absolute Gasteiger partial charge is 0.372 e. The maximum Gasteiger partial charge on any atom is 0.372 e. The number of aromatic amines is 1. The fraction of sp³-hybridized carbons (Fsp3) is 0.273. The van der Waals surface area contributed by atoms with Crippen LogP contribution >= 0.6 is 0 Å². The molecule has 1 aromatic heterocycles. The molecule has 0 amide bonds. The highest BCUT2D eigenvalue weighted by atomic mass is 16.4. The van der Waals surface area contributed by atoms with Gasteiger partial charge in [0.15, 0.2) is 0 Å². The first-order chi connectivity index (χ1) is 7.04. The van der Waals surface area contributed by atoms with Crippen LogP contribution < -0.4 is 0 Å². The molecular formula is C11H13NO3. The van der Waals surface area contributed by atoms with Crippen molar-refractivity contribution >= 4 is 17.8 Å². The van der Waals surface area contributed by atoms with Gasteiger partial charge in [0.05, 0.1) is 6.42 Å². The predicted octanol–water partition coefficient (Wildman–Crippen LogP) is 1.55. The average Bonchev–Trinajstić information content (AvgIpc) is 2.47. The summed E-state index contributed by atoms with van der Waals surface area (Å²) in [4.78, 5) is 24.3. The lowest BCUT2D eigenvalue weighted by Gasteiger charge is -1.92. The van der Waals surface area contributed by atoms with Crippen LogP contribution in [0.25, 0.3) is 6.08 Å². The number of carbonyl (C=O) groups excluding carboxylic acids is 1. The number of nitrogens with one attached hydrogen (secondary N) is 1. The van der Waals surface area contributed by atoms with Crippen LogP contribution in [0.3, 0.4) is 0 Å². The third-order valence-electron chi connectivity index (χ3n) is 2.03. The molecule has 0 aliphatic heterocycles. The normalized spacial score (nSPS) is 10.8. The van der Waals surface area contributed by atoms with E-state index >= 15 is 0 Å². The molecular weight excluding hydrogens is 194 g/mol. The van der Waals surface area contributed by atoms with Crippen molar-refractivity contribution in [3.05, 3.63) is 29.1 Å². The lowest BCUT2D eigenvalue weighted by molar-refractivity contribution is -0.148. The van der Waals surface area contributed by atoms with Gasteiger partial charge in [-0.05, 0) is 31.6 Å². The van der Waals surface area contributed by atoms with E-state index in [0.717, 1.165) is 11.3 Å². The van der Waals surface area contributed by atoms with Gasteiger partial charge in [0.25, 0.3) is 0 Å². The molecule has 80 valence electrons. The number of aromatic nitrogens is 1. The molecule has 2 N–H and O–H groups in total. The number of hydrogen-bond donors (Lipinski definition) is 2. The topological polar surface area (TPSA) is 70.2 Å². The second kappa shape index (κ2) is 4.59. The molecule has 0 bridgehead atoms. The molecule has 0 radical (unpaired) electrons. The molecule has 0 aliphatic carbocycles. The summed E-state index contributed by atoms with van der Waals surface area (Å²) >= 11 is 0. The number of allylic oxidation sites excluding steroid dienone is 1. The van der Waals surface area contributed by atoms with E-state index in [2.05, 4.69) is 4.98 Å². The minimum atomic E-state index is -1.39. The highest BCUT2D eigenvalue weighted by Crippen LogP contribution is 2.12. The number of hydrogen-bond acceptors (Lipinski definition) is 2. The lowest BCUT2D eigenvalue weighted by atomic mass is 10.2. The number of carboxylic acids is 1. The van der Waals surface area contributed by atoms with E-state index in [1.165, 1.54) is 0 Å². The zero-order chi connectivity index (χ0) is 11.4. The second-order valence-electron chi connectivity index (χ2n) is 3.30. The van der Waals surface area contributed by atoms with Gasteiger partial charge in [0.2, 0.25) is 5.78 Å². The molecule has 4 nitrogen and oxygen atoms in total. The van der Waals surface area contributed by atoms with Crippen molar-refractivity contribution in [2.75, 3.05) is 0 Å². The summed E-state index contributed by atoms with van der Waals surface area (Å²) in [6.45, 7) is 3.79. The Morgan fingerprint density at radius 1 is 1.53 bits per heavy atom. The molecule has 0 aliphatic rings. The van der Waals surface area contributed by atoms with Gasteiger partial charge in [-0.2, -0.15) is 0 Å². The van der Waals surface area contributed by atoms with Gasteiger partial charge in [-0.15, -0.1) is 0 Å². The number of H-pyrrole nitrogens is 1. The van der Waals surface area contributed by atoms with Gasteiger partial charge >= 0.3 is 5.97 Å². The summed E-state index contributed by atoms with van der Waals surface area (Å²) in [6.07, 6.45) is 3.67. The Bertz CT molecular complexity index is 415. The van der Waals surface area contributed by atoms with Crippen molar-refractivity contribution in [1.29, 1.82) is 0 Å². The SMILES string of the molecule is C/C=C\c1[nH]c(CC(=O)C(=O)O)cc1C. The molecule has 1 heterocycles. The fourth-order valence-corrected chi connectivity index (χ4v) is 1.33. The summed E-state index contributed by atoms with van der Waals surface area (Å²) in [5, 5.41) is 8.45. The van der Waals surface area contributed by atoms with Crippen molar-refractivity contribution in [3.8, 4) is 0 Å². The Morgan fingerprint density at radius 2 is 2.20 bits per heavy atom. The van der Waals surface area contributed by atoms with Crippen molar-refractivity contribution in [1.82, 2.24) is 4.98 Å². The van der Waals surface area contributed by atoms with Crippen molar-refractivity contribution in [3.63, 3.8) is 0 Å². The number of rotatable bonds is 4. The quantitative estimate of drug-likeness (QED) is 0.736. The summed E-state index contributed by atoms with van der Waals surface area (Å²) in [5.74, 6) is -2.20. The first kappa shape index (κ1) is 11.2. The van der Waals surface area contributed by atoms with Crippen molar-refractivity contribution in [2.45, 2.75) is 20.3 Å². The van der Waals surface area contributed by atoms with Crippen LogP contribution in [-0.2, 0) is 16.0 Å². The summed E-state index contributed by atoms with van der Waals surface area (Å²) in [5.41, 5.74) is 2.54. The Morgan fingerprint density at radius 3 is 2.73 bits per heavy atom. The summed E-state index contributed by atoms with van der Waals surface area (Å²) in [6, 6.07) is 1.79. The van der Waals surface area contributed by atoms with E-state index in [-0.39, 0.29) is 6.42 Å². The van der Waals surface area contributed by atoms with E-state index in [1.54, 1.807) is 6.07 Å². The summed E-state index contributed by atoms with van der Waals surface area (Å²) in [7, 11) is 0. The fourth-order valence-electron chi connectivity index (χ4n) is 1.33. The van der Waals surface area contributed by atoms with E-state index in [1.807, 2.05) is 26.0 Å². The first-order valence-electron chi connectivity index (χ1n) is 4.62. The Labute approximate surface area is 87.6 Å². The molecule has 1 rings (SSSR count). The standard InChI is InChI=1S/C11H13NO3/c1-3-4-9-7(2)5-8(12-9)6-10(13)11(14)15/h3-5,12H,6H2,1-2H3,(H,14,15)/b4-3-. The molecule has 0 saturated heterocycles. The van der Waals surface area contributed by atoms with Gasteiger partial charge < -0.3 is 10.1 Å². The van der Waals surface area contributed by atoms with Crippen LogP contribution in [0.15, 0.2) is 12.1 Å². The highest BCUT2D eigenvalue weighted by molar-refractivity contribution is 6.33. The third-order valence-corrected chi connectivity index (χ3v) is 2.03. The van der Waals surface area contributed by atoms with Crippen LogP contribution in [-0.4, -0.2) is 21.8 Å². The van der Waals surface area contributed by atoms with Crippen LogP contribution in [0.2, 0.25) is 0 Å². The van der Waals surface area contributed by atoms with Gasteiger partial charge in [0, 0.05) is 11.4 Å².